The van der Waals surface area contributed by atoms with Gasteiger partial charge in [0, 0.05) is 35.2 Å². The fourth-order valence-electron chi connectivity index (χ4n) is 2.90. The molecule has 0 saturated carbocycles. The van der Waals surface area contributed by atoms with Gasteiger partial charge in [0.2, 0.25) is 0 Å². The van der Waals surface area contributed by atoms with Crippen LogP contribution >= 0.6 is 24.8 Å². The Balaban J connectivity index is 0.00000196. The first kappa shape index (κ1) is 23.8. The number of carbonyl (C=O) groups is 1. The van der Waals surface area contributed by atoms with Gasteiger partial charge in [-0.2, -0.15) is 0 Å². The smallest absolute Gasteiger partial charge is 0.273 e. The molecule has 0 saturated heterocycles. The van der Waals surface area contributed by atoms with Crippen molar-refractivity contribution in [1.29, 1.82) is 0 Å². The molecule has 0 bridgehead atoms. The molecule has 7 nitrogen and oxygen atoms in total. The topological polar surface area (TPSA) is 98.7 Å². The minimum atomic E-state index is -0.401. The molecule has 0 aliphatic rings. The summed E-state index contributed by atoms with van der Waals surface area (Å²) in [5.41, 5.74) is 7.72. The third-order valence-electron chi connectivity index (χ3n) is 5.00. The van der Waals surface area contributed by atoms with Crippen LogP contribution in [-0.4, -0.2) is 38.0 Å². The van der Waals surface area contributed by atoms with Crippen molar-refractivity contribution in [2.24, 2.45) is 5.73 Å². The normalized spacial score (nSPS) is 10.9. The third-order valence-corrected chi connectivity index (χ3v) is 5.00. The highest BCUT2D eigenvalue weighted by atomic mass is 35.5. The first-order valence-electron chi connectivity index (χ1n) is 8.81. The SMILES string of the molecule is CCC(N)(CC)CNC(=O)c1nnn(-c2cccc3cnccc23)c1C.Cl.Cl. The number of hydrogen-bond acceptors (Lipinski definition) is 5. The Labute approximate surface area is 176 Å². The number of benzene rings is 1. The summed E-state index contributed by atoms with van der Waals surface area (Å²) in [5.74, 6) is -0.257. The molecular weight excluding hydrogens is 399 g/mol. The Kier molecular flexibility index (Phi) is 8.35. The molecular formula is C19H26Cl2N6O. The van der Waals surface area contributed by atoms with Gasteiger partial charge in [0.1, 0.15) is 0 Å². The zero-order chi connectivity index (χ0) is 18.7. The predicted octanol–water partition coefficient (Wildman–Crippen LogP) is 3.21. The first-order valence-corrected chi connectivity index (χ1v) is 8.81. The van der Waals surface area contributed by atoms with Crippen LogP contribution in [0.3, 0.4) is 0 Å². The number of nitrogens with zero attached hydrogens (tertiary/aromatic N) is 4. The Morgan fingerprint density at radius 3 is 2.61 bits per heavy atom. The molecule has 0 spiro atoms. The van der Waals surface area contributed by atoms with Crippen LogP contribution in [0.2, 0.25) is 0 Å². The Hall–Kier alpha value is -2.22. The number of carbonyl (C=O) groups excluding carboxylic acids is 1. The fraction of sp³-hybridized carbons (Fsp3) is 0.368. The summed E-state index contributed by atoms with van der Waals surface area (Å²) in [4.78, 5) is 16.7. The van der Waals surface area contributed by atoms with Crippen LogP contribution in [0, 0.1) is 6.92 Å². The first-order chi connectivity index (χ1) is 12.5. The van der Waals surface area contributed by atoms with Gasteiger partial charge in [0.05, 0.1) is 11.4 Å². The summed E-state index contributed by atoms with van der Waals surface area (Å²) in [5, 5.41) is 13.2. The van der Waals surface area contributed by atoms with Gasteiger partial charge >= 0.3 is 0 Å². The maximum atomic E-state index is 12.6. The van der Waals surface area contributed by atoms with Crippen LogP contribution < -0.4 is 11.1 Å². The number of aromatic nitrogens is 4. The second-order valence-electron chi connectivity index (χ2n) is 6.56. The zero-order valence-electron chi connectivity index (χ0n) is 16.2. The maximum absolute atomic E-state index is 12.6. The largest absolute Gasteiger partial charge is 0.349 e. The van der Waals surface area contributed by atoms with Crippen molar-refractivity contribution in [1.82, 2.24) is 25.3 Å². The molecule has 0 unspecified atom stereocenters. The van der Waals surface area contributed by atoms with Crippen LogP contribution in [0.4, 0.5) is 0 Å². The van der Waals surface area contributed by atoms with Gasteiger partial charge in [-0.15, -0.1) is 29.9 Å². The predicted molar refractivity (Wildman–Crippen MR) is 116 cm³/mol. The Morgan fingerprint density at radius 2 is 1.93 bits per heavy atom. The summed E-state index contributed by atoms with van der Waals surface area (Å²) in [6, 6.07) is 7.80. The molecule has 152 valence electrons. The van der Waals surface area contributed by atoms with E-state index in [4.69, 9.17) is 5.73 Å². The van der Waals surface area contributed by atoms with Crippen molar-refractivity contribution < 1.29 is 4.79 Å². The summed E-state index contributed by atoms with van der Waals surface area (Å²) in [6.45, 7) is 6.29. The van der Waals surface area contributed by atoms with Crippen LogP contribution in [0.5, 0.6) is 0 Å². The van der Waals surface area contributed by atoms with Gasteiger partial charge in [-0.25, -0.2) is 4.68 Å². The van der Waals surface area contributed by atoms with E-state index in [1.807, 2.05) is 45.0 Å². The van der Waals surface area contributed by atoms with Crippen molar-refractivity contribution in [3.8, 4) is 5.69 Å². The van der Waals surface area contributed by atoms with Crippen molar-refractivity contribution in [2.75, 3.05) is 6.54 Å². The average molecular weight is 425 g/mol. The van der Waals surface area contributed by atoms with Gasteiger partial charge < -0.3 is 11.1 Å². The molecule has 1 amide bonds. The number of nitrogens with one attached hydrogen (secondary N) is 1. The number of pyridine rings is 1. The minimum Gasteiger partial charge on any atom is -0.349 e. The van der Waals surface area contributed by atoms with Gasteiger partial charge in [-0.1, -0.05) is 31.2 Å². The fourth-order valence-corrected chi connectivity index (χ4v) is 2.90. The van der Waals surface area contributed by atoms with E-state index in [1.54, 1.807) is 17.1 Å². The molecule has 0 atom stereocenters. The number of halogens is 2. The van der Waals surface area contributed by atoms with E-state index in [-0.39, 0.29) is 30.7 Å². The number of hydrogen-bond donors (Lipinski definition) is 2. The van der Waals surface area contributed by atoms with Crippen molar-refractivity contribution in [3.05, 3.63) is 48.0 Å². The lowest BCUT2D eigenvalue weighted by Gasteiger charge is -2.26. The Bertz CT molecular complexity index is 934. The van der Waals surface area contributed by atoms with E-state index >= 15 is 0 Å². The van der Waals surface area contributed by atoms with Crippen LogP contribution in [0.15, 0.2) is 36.7 Å². The summed E-state index contributed by atoms with van der Waals surface area (Å²) in [6.07, 6.45) is 5.12. The molecule has 9 heteroatoms. The number of nitrogens with two attached hydrogens (primary N) is 1. The van der Waals surface area contributed by atoms with Crippen LogP contribution in [0.25, 0.3) is 16.5 Å². The zero-order valence-corrected chi connectivity index (χ0v) is 17.8. The highest BCUT2D eigenvalue weighted by Crippen LogP contribution is 2.22. The highest BCUT2D eigenvalue weighted by Gasteiger charge is 2.24. The van der Waals surface area contributed by atoms with Gasteiger partial charge in [0.25, 0.3) is 5.91 Å². The molecule has 3 N–H and O–H groups in total. The molecule has 0 fully saturated rings. The number of fused-ring (bicyclic) bond motifs is 1. The van der Waals surface area contributed by atoms with E-state index in [0.29, 0.717) is 17.9 Å². The second-order valence-corrected chi connectivity index (χ2v) is 6.56. The molecule has 0 aliphatic carbocycles. The molecule has 2 heterocycles. The minimum absolute atomic E-state index is 0. The molecule has 1 aromatic carbocycles. The molecule has 3 aromatic rings. The van der Waals surface area contributed by atoms with Crippen LogP contribution in [0.1, 0.15) is 42.9 Å². The standard InChI is InChI=1S/C19H24N6O.2ClH/c1-4-19(20,5-2)12-22-18(26)17-13(3)25(24-23-17)16-8-6-7-14-11-21-10-9-15(14)16;;/h6-11H,4-5,12,20H2,1-3H3,(H,22,26);2*1H. The van der Waals surface area contributed by atoms with E-state index in [1.165, 1.54) is 0 Å². The molecule has 2 aromatic heterocycles. The number of amides is 1. The van der Waals surface area contributed by atoms with Gasteiger partial charge in [-0.3, -0.25) is 9.78 Å². The van der Waals surface area contributed by atoms with Crippen LogP contribution in [-0.2, 0) is 0 Å². The van der Waals surface area contributed by atoms with E-state index in [9.17, 15) is 4.79 Å². The van der Waals surface area contributed by atoms with Crippen molar-refractivity contribution in [3.63, 3.8) is 0 Å². The third kappa shape index (κ3) is 4.60. The second kappa shape index (κ2) is 9.82. The molecule has 28 heavy (non-hydrogen) atoms. The summed E-state index contributed by atoms with van der Waals surface area (Å²) < 4.78 is 1.69. The molecule has 0 aliphatic heterocycles. The number of rotatable bonds is 6. The van der Waals surface area contributed by atoms with Gasteiger partial charge in [0.15, 0.2) is 5.69 Å². The van der Waals surface area contributed by atoms with E-state index in [0.717, 1.165) is 29.3 Å². The van der Waals surface area contributed by atoms with Crippen molar-refractivity contribution in [2.45, 2.75) is 39.2 Å². The quantitative estimate of drug-likeness (QED) is 0.632. The Morgan fingerprint density at radius 1 is 1.21 bits per heavy atom. The molecule has 3 rings (SSSR count). The van der Waals surface area contributed by atoms with E-state index in [2.05, 4.69) is 20.6 Å². The highest BCUT2D eigenvalue weighted by molar-refractivity contribution is 5.94. The lowest BCUT2D eigenvalue weighted by atomic mass is 9.94. The van der Waals surface area contributed by atoms with Gasteiger partial charge in [-0.05, 0) is 31.9 Å². The van der Waals surface area contributed by atoms with E-state index < -0.39 is 5.54 Å². The lowest BCUT2D eigenvalue weighted by molar-refractivity contribution is 0.0936. The maximum Gasteiger partial charge on any atom is 0.273 e. The average Bonchev–Trinajstić information content (AvgIpc) is 3.06. The van der Waals surface area contributed by atoms with Crippen molar-refractivity contribution >= 4 is 41.5 Å². The lowest BCUT2D eigenvalue weighted by Crippen LogP contribution is -2.49. The molecule has 0 radical (unpaired) electrons. The summed E-state index contributed by atoms with van der Waals surface area (Å²) >= 11 is 0. The summed E-state index contributed by atoms with van der Waals surface area (Å²) in [7, 11) is 0. The monoisotopic (exact) mass is 424 g/mol.